The predicted molar refractivity (Wildman–Crippen MR) is 113 cm³/mol. The summed E-state index contributed by atoms with van der Waals surface area (Å²) in [6, 6.07) is 3.55. The van der Waals surface area contributed by atoms with E-state index in [0.717, 1.165) is 25.7 Å². The fourth-order valence-corrected chi connectivity index (χ4v) is 3.62. The number of esters is 1. The average molecular weight is 424 g/mol. The van der Waals surface area contributed by atoms with Crippen molar-refractivity contribution in [3.8, 4) is 11.5 Å². The van der Waals surface area contributed by atoms with Gasteiger partial charge in [-0.2, -0.15) is 0 Å². The zero-order chi connectivity index (χ0) is 21.2. The van der Waals surface area contributed by atoms with Crippen LogP contribution in [0.1, 0.15) is 57.9 Å². The maximum absolute atomic E-state index is 12.3. The molecule has 1 aromatic rings. The lowest BCUT2D eigenvalue weighted by Crippen LogP contribution is -2.41. The van der Waals surface area contributed by atoms with Crippen LogP contribution in [0.2, 0.25) is 5.02 Å². The minimum atomic E-state index is -0.853. The van der Waals surface area contributed by atoms with Gasteiger partial charge in [0.15, 0.2) is 17.6 Å². The van der Waals surface area contributed by atoms with Crippen LogP contribution >= 0.6 is 11.6 Å². The number of benzene rings is 1. The van der Waals surface area contributed by atoms with Crippen LogP contribution in [0.5, 0.6) is 11.5 Å². The Hall–Kier alpha value is -2.21. The molecule has 1 aromatic carbocycles. The highest BCUT2D eigenvalue weighted by atomic mass is 35.5. The second-order valence-corrected chi connectivity index (χ2v) is 7.48. The third-order valence-electron chi connectivity index (χ3n) is 4.81. The van der Waals surface area contributed by atoms with E-state index < -0.39 is 12.1 Å². The summed E-state index contributed by atoms with van der Waals surface area (Å²) < 4.78 is 16.0. The van der Waals surface area contributed by atoms with Gasteiger partial charge in [0.2, 0.25) is 0 Å². The van der Waals surface area contributed by atoms with E-state index in [1.54, 1.807) is 25.1 Å². The first-order chi connectivity index (χ1) is 13.9. The van der Waals surface area contributed by atoms with E-state index >= 15 is 0 Å². The van der Waals surface area contributed by atoms with Crippen molar-refractivity contribution in [1.29, 1.82) is 0 Å². The lowest BCUT2D eigenvalue weighted by atomic mass is 10.1. The molecule has 160 valence electrons. The van der Waals surface area contributed by atoms with Crippen molar-refractivity contribution in [3.63, 3.8) is 0 Å². The molecule has 29 heavy (non-hydrogen) atoms. The largest absolute Gasteiger partial charge is 0.491 e. The van der Waals surface area contributed by atoms with Gasteiger partial charge < -0.3 is 19.5 Å². The molecule has 7 heteroatoms. The average Bonchev–Trinajstić information content (AvgIpc) is 2.95. The molecule has 0 radical (unpaired) electrons. The van der Waals surface area contributed by atoms with E-state index in [9.17, 15) is 9.59 Å². The van der Waals surface area contributed by atoms with Crippen molar-refractivity contribution >= 4 is 29.6 Å². The number of ether oxygens (including phenoxy) is 3. The number of carbonyl (C=O) groups is 2. The Morgan fingerprint density at radius 2 is 1.93 bits per heavy atom. The highest BCUT2D eigenvalue weighted by Gasteiger charge is 2.21. The van der Waals surface area contributed by atoms with E-state index in [0.29, 0.717) is 28.7 Å². The second-order valence-electron chi connectivity index (χ2n) is 7.08. The van der Waals surface area contributed by atoms with Crippen LogP contribution in [-0.2, 0) is 14.3 Å². The Balaban J connectivity index is 1.93. The van der Waals surface area contributed by atoms with E-state index in [-0.39, 0.29) is 11.9 Å². The minimum absolute atomic E-state index is 0.167. The molecule has 0 unspecified atom stereocenters. The zero-order valence-electron chi connectivity index (χ0n) is 17.3. The summed E-state index contributed by atoms with van der Waals surface area (Å²) in [6.45, 7) is 3.89. The van der Waals surface area contributed by atoms with E-state index in [2.05, 4.69) is 5.32 Å². The van der Waals surface area contributed by atoms with Crippen molar-refractivity contribution in [2.24, 2.45) is 0 Å². The summed E-state index contributed by atoms with van der Waals surface area (Å²) in [5.74, 6) is 0.0758. The quantitative estimate of drug-likeness (QED) is 0.377. The molecule has 0 heterocycles. The first kappa shape index (κ1) is 23.1. The normalized spacial score (nSPS) is 16.1. The van der Waals surface area contributed by atoms with Gasteiger partial charge in [-0.15, -0.1) is 0 Å². The van der Waals surface area contributed by atoms with Gasteiger partial charge >= 0.3 is 5.97 Å². The molecular weight excluding hydrogens is 394 g/mol. The second kappa shape index (κ2) is 11.7. The molecule has 0 saturated heterocycles. The molecule has 1 fully saturated rings. The van der Waals surface area contributed by atoms with Crippen molar-refractivity contribution in [1.82, 2.24) is 5.32 Å². The third kappa shape index (κ3) is 7.28. The molecule has 1 aliphatic rings. The van der Waals surface area contributed by atoms with E-state index in [1.807, 2.05) is 6.92 Å². The molecule has 0 aliphatic heterocycles. The van der Waals surface area contributed by atoms with Gasteiger partial charge in [0.25, 0.3) is 5.91 Å². The fourth-order valence-electron chi connectivity index (χ4n) is 3.32. The van der Waals surface area contributed by atoms with Crippen LogP contribution in [0.3, 0.4) is 0 Å². The molecule has 6 nitrogen and oxygen atoms in total. The van der Waals surface area contributed by atoms with Crippen molar-refractivity contribution in [2.45, 2.75) is 64.5 Å². The maximum atomic E-state index is 12.3. The number of carbonyl (C=O) groups excluding carboxylic acids is 2. The van der Waals surface area contributed by atoms with Gasteiger partial charge in [0.05, 0.1) is 18.7 Å². The Morgan fingerprint density at radius 1 is 1.24 bits per heavy atom. The van der Waals surface area contributed by atoms with Crippen LogP contribution in [0, 0.1) is 0 Å². The molecule has 1 amide bonds. The molecule has 1 aliphatic carbocycles. The van der Waals surface area contributed by atoms with Gasteiger partial charge in [-0.05, 0) is 50.5 Å². The molecule has 1 saturated carbocycles. The number of nitrogens with one attached hydrogen (secondary N) is 1. The standard InChI is InChI=1S/C22H30ClNO5/c1-4-28-19-14-16(13-18(23)21(19)27-3)11-12-20(25)29-15(2)22(26)24-17-9-7-5-6-8-10-17/h11-15,17H,4-10H2,1-3H3,(H,24,26)/b12-11+/t15-/m1/s1. The number of methoxy groups -OCH3 is 1. The predicted octanol–water partition coefficient (Wildman–Crippen LogP) is 4.53. The Labute approximate surface area is 177 Å². The lowest BCUT2D eigenvalue weighted by Gasteiger charge is -2.19. The van der Waals surface area contributed by atoms with Gasteiger partial charge in [-0.25, -0.2) is 4.79 Å². The lowest BCUT2D eigenvalue weighted by molar-refractivity contribution is -0.150. The zero-order valence-corrected chi connectivity index (χ0v) is 18.1. The van der Waals surface area contributed by atoms with Gasteiger partial charge in [0.1, 0.15) is 0 Å². The number of amides is 1. The number of halogens is 1. The Bertz CT molecular complexity index is 726. The summed E-state index contributed by atoms with van der Waals surface area (Å²) in [5, 5.41) is 3.37. The summed E-state index contributed by atoms with van der Waals surface area (Å²) in [4.78, 5) is 24.4. The SMILES string of the molecule is CCOc1cc(/C=C/C(=O)O[C@H](C)C(=O)NC2CCCCCC2)cc(Cl)c1OC. The van der Waals surface area contributed by atoms with Gasteiger partial charge in [0, 0.05) is 12.1 Å². The van der Waals surface area contributed by atoms with E-state index in [1.165, 1.54) is 26.0 Å². The van der Waals surface area contributed by atoms with Crippen molar-refractivity contribution in [2.75, 3.05) is 13.7 Å². The number of rotatable bonds is 8. The summed E-state index contributed by atoms with van der Waals surface area (Å²) >= 11 is 6.21. The smallest absolute Gasteiger partial charge is 0.331 e. The summed E-state index contributed by atoms with van der Waals surface area (Å²) in [7, 11) is 1.51. The molecule has 0 aromatic heterocycles. The monoisotopic (exact) mass is 423 g/mol. The summed E-state index contributed by atoms with van der Waals surface area (Å²) in [6.07, 6.45) is 8.60. The van der Waals surface area contributed by atoms with Crippen LogP contribution < -0.4 is 14.8 Å². The van der Waals surface area contributed by atoms with Crippen LogP contribution in [0.4, 0.5) is 0 Å². The first-order valence-corrected chi connectivity index (χ1v) is 10.5. The first-order valence-electron chi connectivity index (χ1n) is 10.1. The molecule has 2 rings (SSSR count). The van der Waals surface area contributed by atoms with Crippen molar-refractivity contribution in [3.05, 3.63) is 28.8 Å². The maximum Gasteiger partial charge on any atom is 0.331 e. The number of hydrogen-bond donors (Lipinski definition) is 1. The Morgan fingerprint density at radius 3 is 2.55 bits per heavy atom. The van der Waals surface area contributed by atoms with Crippen LogP contribution in [0.25, 0.3) is 6.08 Å². The Kier molecular flexibility index (Phi) is 9.32. The van der Waals surface area contributed by atoms with E-state index in [4.69, 9.17) is 25.8 Å². The van der Waals surface area contributed by atoms with Gasteiger partial charge in [-0.3, -0.25) is 4.79 Å². The van der Waals surface area contributed by atoms with Gasteiger partial charge in [-0.1, -0.05) is 37.3 Å². The third-order valence-corrected chi connectivity index (χ3v) is 5.09. The molecule has 0 bridgehead atoms. The topological polar surface area (TPSA) is 73.9 Å². The molecular formula is C22H30ClNO5. The summed E-state index contributed by atoms with van der Waals surface area (Å²) in [5.41, 5.74) is 0.659. The molecule has 1 N–H and O–H groups in total. The molecule has 0 spiro atoms. The minimum Gasteiger partial charge on any atom is -0.491 e. The number of hydrogen-bond acceptors (Lipinski definition) is 5. The highest BCUT2D eigenvalue weighted by Crippen LogP contribution is 2.36. The van der Waals surface area contributed by atoms with Crippen LogP contribution in [0.15, 0.2) is 18.2 Å². The van der Waals surface area contributed by atoms with Crippen molar-refractivity contribution < 1.29 is 23.8 Å². The van der Waals surface area contributed by atoms with Crippen LogP contribution in [-0.4, -0.2) is 37.7 Å². The molecule has 1 atom stereocenters. The fraction of sp³-hybridized carbons (Fsp3) is 0.545. The highest BCUT2D eigenvalue weighted by molar-refractivity contribution is 6.32.